The molecule has 3 heteroatoms. The molecule has 100 valence electrons. The first-order chi connectivity index (χ1) is 8.80. The third kappa shape index (κ3) is 2.66. The van der Waals surface area contributed by atoms with Gasteiger partial charge in [0.1, 0.15) is 5.82 Å². The van der Waals surface area contributed by atoms with E-state index in [0.29, 0.717) is 6.04 Å². The number of aromatic nitrogens is 1. The van der Waals surface area contributed by atoms with Gasteiger partial charge in [-0.05, 0) is 51.4 Å². The second-order valence-corrected chi connectivity index (χ2v) is 4.91. The average Bonchev–Trinajstić information content (AvgIpc) is 2.89. The summed E-state index contributed by atoms with van der Waals surface area (Å²) < 4.78 is 0. The topological polar surface area (TPSA) is 19.4 Å². The molecule has 1 saturated heterocycles. The minimum atomic E-state index is 0.591. The Bertz CT molecular complexity index is 357. The molecule has 3 nitrogen and oxygen atoms in total. The van der Waals surface area contributed by atoms with Crippen LogP contribution in [0.4, 0.5) is 5.82 Å². The van der Waals surface area contributed by atoms with Crippen LogP contribution in [0.15, 0.2) is 18.3 Å². The summed E-state index contributed by atoms with van der Waals surface area (Å²) in [5, 5.41) is 0. The molecule has 0 bridgehead atoms. The maximum absolute atomic E-state index is 4.63. The molecule has 18 heavy (non-hydrogen) atoms. The molecule has 2 heterocycles. The smallest absolute Gasteiger partial charge is 0.128 e. The monoisotopic (exact) mass is 247 g/mol. The quantitative estimate of drug-likeness (QED) is 0.797. The molecule has 0 unspecified atom stereocenters. The minimum Gasteiger partial charge on any atom is -0.357 e. The summed E-state index contributed by atoms with van der Waals surface area (Å²) in [6.07, 6.45) is 4.67. The second kappa shape index (κ2) is 6.19. The van der Waals surface area contributed by atoms with Crippen molar-refractivity contribution in [2.24, 2.45) is 0 Å². The van der Waals surface area contributed by atoms with Gasteiger partial charge >= 0.3 is 0 Å². The van der Waals surface area contributed by atoms with Gasteiger partial charge in [0.25, 0.3) is 0 Å². The molecule has 1 aliphatic heterocycles. The Morgan fingerprint density at radius 1 is 1.28 bits per heavy atom. The zero-order valence-electron chi connectivity index (χ0n) is 11.9. The van der Waals surface area contributed by atoms with E-state index < -0.39 is 0 Å². The van der Waals surface area contributed by atoms with Crippen LogP contribution in [0, 0.1) is 0 Å². The van der Waals surface area contributed by atoms with Gasteiger partial charge in [0.05, 0.1) is 0 Å². The molecular formula is C15H25N3. The van der Waals surface area contributed by atoms with Crippen molar-refractivity contribution >= 4 is 5.82 Å². The summed E-state index contributed by atoms with van der Waals surface area (Å²) in [6.45, 7) is 11.0. The molecule has 1 atom stereocenters. The van der Waals surface area contributed by atoms with Gasteiger partial charge in [-0.2, -0.15) is 0 Å². The standard InChI is InChI=1S/C15H25N3/c1-4-17(5-2)15-10-9-13(12-16-15)14-8-7-11-18(14)6-3/h9-10,12,14H,4-8,11H2,1-3H3/t14-/m0/s1. The molecule has 0 aromatic carbocycles. The number of rotatable bonds is 5. The van der Waals surface area contributed by atoms with Crippen molar-refractivity contribution < 1.29 is 0 Å². The molecule has 1 aliphatic rings. The first kappa shape index (κ1) is 13.3. The van der Waals surface area contributed by atoms with Crippen molar-refractivity contribution in [1.29, 1.82) is 0 Å². The van der Waals surface area contributed by atoms with Gasteiger partial charge in [0.2, 0.25) is 0 Å². The van der Waals surface area contributed by atoms with E-state index in [-0.39, 0.29) is 0 Å². The van der Waals surface area contributed by atoms with E-state index in [1.54, 1.807) is 0 Å². The SMILES string of the molecule is CCN(CC)c1ccc([C@@H]2CCCN2CC)cn1. The lowest BCUT2D eigenvalue weighted by Gasteiger charge is -2.24. The molecule has 0 amide bonds. The summed E-state index contributed by atoms with van der Waals surface area (Å²) >= 11 is 0. The fourth-order valence-corrected chi connectivity index (χ4v) is 2.91. The maximum atomic E-state index is 4.63. The van der Waals surface area contributed by atoms with Gasteiger partial charge in [-0.3, -0.25) is 4.90 Å². The van der Waals surface area contributed by atoms with Crippen LogP contribution in [0.1, 0.15) is 45.2 Å². The Labute approximate surface area is 111 Å². The third-order valence-corrected chi connectivity index (χ3v) is 4.01. The van der Waals surface area contributed by atoms with E-state index in [1.165, 1.54) is 24.9 Å². The van der Waals surface area contributed by atoms with Gasteiger partial charge in [-0.15, -0.1) is 0 Å². The minimum absolute atomic E-state index is 0.591. The molecule has 1 aromatic rings. The fourth-order valence-electron chi connectivity index (χ4n) is 2.91. The van der Waals surface area contributed by atoms with Crippen molar-refractivity contribution in [3.63, 3.8) is 0 Å². The number of nitrogens with zero attached hydrogens (tertiary/aromatic N) is 3. The van der Waals surface area contributed by atoms with Gasteiger partial charge in [-0.25, -0.2) is 4.98 Å². The van der Waals surface area contributed by atoms with Gasteiger partial charge < -0.3 is 4.90 Å². The fraction of sp³-hybridized carbons (Fsp3) is 0.667. The molecule has 0 saturated carbocycles. The van der Waals surface area contributed by atoms with E-state index in [9.17, 15) is 0 Å². The van der Waals surface area contributed by atoms with Crippen LogP contribution in [-0.4, -0.2) is 36.1 Å². The molecular weight excluding hydrogens is 222 g/mol. The van der Waals surface area contributed by atoms with E-state index in [2.05, 4.69) is 53.9 Å². The van der Waals surface area contributed by atoms with Crippen LogP contribution in [0.3, 0.4) is 0 Å². The van der Waals surface area contributed by atoms with Crippen LogP contribution in [0.5, 0.6) is 0 Å². The second-order valence-electron chi connectivity index (χ2n) is 4.91. The zero-order chi connectivity index (χ0) is 13.0. The number of hydrogen-bond acceptors (Lipinski definition) is 3. The molecule has 1 aromatic heterocycles. The lowest BCUT2D eigenvalue weighted by molar-refractivity contribution is 0.271. The normalized spacial score (nSPS) is 20.3. The summed E-state index contributed by atoms with van der Waals surface area (Å²) in [5.41, 5.74) is 1.38. The summed E-state index contributed by atoms with van der Waals surface area (Å²) in [7, 11) is 0. The molecule has 2 rings (SSSR count). The highest BCUT2D eigenvalue weighted by atomic mass is 15.2. The van der Waals surface area contributed by atoms with Crippen LogP contribution >= 0.6 is 0 Å². The van der Waals surface area contributed by atoms with Crippen LogP contribution < -0.4 is 4.90 Å². The van der Waals surface area contributed by atoms with Crippen LogP contribution in [0.2, 0.25) is 0 Å². The summed E-state index contributed by atoms with van der Waals surface area (Å²) in [4.78, 5) is 9.47. The van der Waals surface area contributed by atoms with E-state index >= 15 is 0 Å². The van der Waals surface area contributed by atoms with Crippen molar-refractivity contribution in [3.8, 4) is 0 Å². The van der Waals surface area contributed by atoms with Crippen molar-refractivity contribution in [2.75, 3.05) is 31.1 Å². The summed E-state index contributed by atoms with van der Waals surface area (Å²) in [5.74, 6) is 1.10. The van der Waals surface area contributed by atoms with Gasteiger partial charge in [0, 0.05) is 25.3 Å². The number of anilines is 1. The highest BCUT2D eigenvalue weighted by molar-refractivity contribution is 5.39. The Kier molecular flexibility index (Phi) is 4.59. The van der Waals surface area contributed by atoms with Crippen LogP contribution in [0.25, 0.3) is 0 Å². The number of pyridine rings is 1. The lowest BCUT2D eigenvalue weighted by Crippen LogP contribution is -2.24. The summed E-state index contributed by atoms with van der Waals surface area (Å²) in [6, 6.07) is 5.03. The Morgan fingerprint density at radius 3 is 2.61 bits per heavy atom. The Morgan fingerprint density at radius 2 is 2.06 bits per heavy atom. The number of hydrogen-bond donors (Lipinski definition) is 0. The Balaban J connectivity index is 2.12. The van der Waals surface area contributed by atoms with E-state index in [1.807, 2.05) is 0 Å². The molecule has 0 aliphatic carbocycles. The van der Waals surface area contributed by atoms with Crippen molar-refractivity contribution in [2.45, 2.75) is 39.7 Å². The lowest BCUT2D eigenvalue weighted by atomic mass is 10.1. The van der Waals surface area contributed by atoms with Gasteiger partial charge in [-0.1, -0.05) is 13.0 Å². The predicted molar refractivity (Wildman–Crippen MR) is 77.0 cm³/mol. The maximum Gasteiger partial charge on any atom is 0.128 e. The van der Waals surface area contributed by atoms with E-state index in [4.69, 9.17) is 0 Å². The average molecular weight is 247 g/mol. The first-order valence-corrected chi connectivity index (χ1v) is 7.25. The van der Waals surface area contributed by atoms with Crippen LogP contribution in [-0.2, 0) is 0 Å². The molecule has 0 N–H and O–H groups in total. The highest BCUT2D eigenvalue weighted by Crippen LogP contribution is 2.31. The largest absolute Gasteiger partial charge is 0.357 e. The Hall–Kier alpha value is -1.09. The zero-order valence-corrected chi connectivity index (χ0v) is 11.9. The predicted octanol–water partition coefficient (Wildman–Crippen LogP) is 3.08. The third-order valence-electron chi connectivity index (χ3n) is 4.01. The van der Waals surface area contributed by atoms with Crippen molar-refractivity contribution in [3.05, 3.63) is 23.9 Å². The van der Waals surface area contributed by atoms with E-state index in [0.717, 1.165) is 25.5 Å². The van der Waals surface area contributed by atoms with Gasteiger partial charge in [0.15, 0.2) is 0 Å². The molecule has 0 spiro atoms. The highest BCUT2D eigenvalue weighted by Gasteiger charge is 2.24. The molecule has 1 fully saturated rings. The molecule has 0 radical (unpaired) electrons. The number of likely N-dealkylation sites (tertiary alicyclic amines) is 1. The first-order valence-electron chi connectivity index (χ1n) is 7.25. The van der Waals surface area contributed by atoms with Crippen molar-refractivity contribution in [1.82, 2.24) is 9.88 Å².